The Hall–Kier alpha value is -0.970. The molecule has 16 heavy (non-hydrogen) atoms. The summed E-state index contributed by atoms with van der Waals surface area (Å²) < 4.78 is 31.4. The van der Waals surface area contributed by atoms with Gasteiger partial charge < -0.3 is 4.74 Å². The van der Waals surface area contributed by atoms with E-state index < -0.39 is 17.6 Å². The Labute approximate surface area is 101 Å². The first-order valence-electron chi connectivity index (χ1n) is 4.76. The van der Waals surface area contributed by atoms with Crippen LogP contribution in [0.25, 0.3) is 0 Å². The molecule has 0 aliphatic carbocycles. The quantitative estimate of drug-likeness (QED) is 0.630. The third-order valence-corrected chi connectivity index (χ3v) is 2.60. The third kappa shape index (κ3) is 3.27. The molecule has 1 rings (SSSR count). The number of benzene rings is 1. The van der Waals surface area contributed by atoms with Crippen LogP contribution in [0, 0.1) is 11.6 Å². The molecule has 0 unspecified atom stereocenters. The highest BCUT2D eigenvalue weighted by Crippen LogP contribution is 2.18. The van der Waals surface area contributed by atoms with E-state index in [-0.39, 0.29) is 29.5 Å². The van der Waals surface area contributed by atoms with E-state index in [1.165, 1.54) is 0 Å². The molecule has 2 nitrogen and oxygen atoms in total. The predicted octanol–water partition coefficient (Wildman–Crippen LogP) is 2.97. The van der Waals surface area contributed by atoms with E-state index in [1.54, 1.807) is 6.92 Å². The van der Waals surface area contributed by atoms with E-state index in [4.69, 9.17) is 0 Å². The Morgan fingerprint density at radius 1 is 1.31 bits per heavy atom. The smallest absolute Gasteiger partial charge is 0.310 e. The highest BCUT2D eigenvalue weighted by molar-refractivity contribution is 9.08. The lowest BCUT2D eigenvalue weighted by atomic mass is 10.1. The van der Waals surface area contributed by atoms with Crippen LogP contribution in [-0.2, 0) is 21.3 Å². The zero-order valence-electron chi connectivity index (χ0n) is 8.73. The van der Waals surface area contributed by atoms with Crippen molar-refractivity contribution in [1.29, 1.82) is 0 Å². The van der Waals surface area contributed by atoms with Crippen molar-refractivity contribution in [3.8, 4) is 0 Å². The van der Waals surface area contributed by atoms with Crippen LogP contribution >= 0.6 is 15.9 Å². The monoisotopic (exact) mass is 292 g/mol. The summed E-state index contributed by atoms with van der Waals surface area (Å²) in [5.74, 6) is -1.69. The molecule has 1 aromatic carbocycles. The van der Waals surface area contributed by atoms with Crippen molar-refractivity contribution in [2.75, 3.05) is 6.61 Å². The lowest BCUT2D eigenvalue weighted by Crippen LogP contribution is -2.09. The van der Waals surface area contributed by atoms with E-state index >= 15 is 0 Å². The van der Waals surface area contributed by atoms with Crippen molar-refractivity contribution in [2.24, 2.45) is 0 Å². The van der Waals surface area contributed by atoms with Gasteiger partial charge >= 0.3 is 5.97 Å². The van der Waals surface area contributed by atoms with Gasteiger partial charge in [-0.3, -0.25) is 4.79 Å². The number of hydrogen-bond acceptors (Lipinski definition) is 2. The van der Waals surface area contributed by atoms with Crippen LogP contribution in [0.2, 0.25) is 0 Å². The lowest BCUT2D eigenvalue weighted by Gasteiger charge is -2.06. The summed E-state index contributed by atoms with van der Waals surface area (Å²) in [7, 11) is 0. The van der Waals surface area contributed by atoms with Gasteiger partial charge in [0.15, 0.2) is 0 Å². The van der Waals surface area contributed by atoms with Gasteiger partial charge in [-0.05, 0) is 19.1 Å². The SMILES string of the molecule is CCOC(=O)Cc1cc(F)c(CBr)cc1F. The number of hydrogen-bond donors (Lipinski definition) is 0. The van der Waals surface area contributed by atoms with Crippen molar-refractivity contribution < 1.29 is 18.3 Å². The van der Waals surface area contributed by atoms with Crippen molar-refractivity contribution in [2.45, 2.75) is 18.7 Å². The second-order valence-electron chi connectivity index (χ2n) is 3.15. The van der Waals surface area contributed by atoms with Crippen LogP contribution in [0.1, 0.15) is 18.1 Å². The molecule has 0 aliphatic rings. The molecular formula is C11H11BrF2O2. The van der Waals surface area contributed by atoms with E-state index in [2.05, 4.69) is 20.7 Å². The molecule has 0 radical (unpaired) electrons. The summed E-state index contributed by atoms with van der Waals surface area (Å²) in [5.41, 5.74) is 0.241. The van der Waals surface area contributed by atoms with Gasteiger partial charge in [-0.15, -0.1) is 0 Å². The maximum atomic E-state index is 13.4. The van der Waals surface area contributed by atoms with Crippen LogP contribution in [0.15, 0.2) is 12.1 Å². The number of alkyl halides is 1. The normalized spacial score (nSPS) is 10.2. The summed E-state index contributed by atoms with van der Waals surface area (Å²) in [6, 6.07) is 2.11. The molecule has 5 heteroatoms. The number of rotatable bonds is 4. The summed E-state index contributed by atoms with van der Waals surface area (Å²) >= 11 is 3.04. The molecule has 0 saturated heterocycles. The second kappa shape index (κ2) is 5.94. The molecule has 0 bridgehead atoms. The molecule has 1 aromatic rings. The molecule has 0 amide bonds. The highest BCUT2D eigenvalue weighted by Gasteiger charge is 2.13. The van der Waals surface area contributed by atoms with Crippen LogP contribution in [0.4, 0.5) is 8.78 Å². The standard InChI is InChI=1S/C11H11BrF2O2/c1-2-16-11(15)5-7-3-10(14)8(6-12)4-9(7)13/h3-4H,2,5-6H2,1H3. The number of halogens is 3. The molecule has 0 aliphatic heterocycles. The highest BCUT2D eigenvalue weighted by atomic mass is 79.9. The van der Waals surface area contributed by atoms with Gasteiger partial charge in [-0.2, -0.15) is 0 Å². The first kappa shape index (κ1) is 13.1. The molecule has 0 aromatic heterocycles. The molecule has 88 valence electrons. The van der Waals surface area contributed by atoms with Gasteiger partial charge in [-0.25, -0.2) is 8.78 Å². The Bertz CT molecular complexity index is 394. The summed E-state index contributed by atoms with van der Waals surface area (Å²) in [5, 5.41) is 0.232. The van der Waals surface area contributed by atoms with E-state index in [9.17, 15) is 13.6 Å². The molecular weight excluding hydrogens is 282 g/mol. The molecule has 0 saturated carbocycles. The Balaban J connectivity index is 2.89. The van der Waals surface area contributed by atoms with E-state index in [0.717, 1.165) is 12.1 Å². The molecule has 0 atom stereocenters. The topological polar surface area (TPSA) is 26.3 Å². The summed E-state index contributed by atoms with van der Waals surface area (Å²) in [4.78, 5) is 11.1. The number of esters is 1. The first-order valence-corrected chi connectivity index (χ1v) is 5.89. The zero-order chi connectivity index (χ0) is 12.1. The number of carbonyl (C=O) groups is 1. The van der Waals surface area contributed by atoms with Crippen LogP contribution in [-0.4, -0.2) is 12.6 Å². The Morgan fingerprint density at radius 3 is 2.44 bits per heavy atom. The maximum Gasteiger partial charge on any atom is 0.310 e. The Kier molecular flexibility index (Phi) is 4.86. The fraction of sp³-hybridized carbons (Fsp3) is 0.364. The number of ether oxygens (including phenoxy) is 1. The number of carbonyl (C=O) groups excluding carboxylic acids is 1. The Morgan fingerprint density at radius 2 is 1.88 bits per heavy atom. The minimum absolute atomic E-state index is 0.0145. The van der Waals surface area contributed by atoms with E-state index in [1.807, 2.05) is 0 Å². The zero-order valence-corrected chi connectivity index (χ0v) is 10.3. The second-order valence-corrected chi connectivity index (χ2v) is 3.71. The van der Waals surface area contributed by atoms with Crippen molar-refractivity contribution >= 4 is 21.9 Å². The predicted molar refractivity (Wildman–Crippen MR) is 59.3 cm³/mol. The fourth-order valence-corrected chi connectivity index (χ4v) is 1.66. The van der Waals surface area contributed by atoms with Gasteiger partial charge in [0.2, 0.25) is 0 Å². The van der Waals surface area contributed by atoms with Gasteiger partial charge in [0.05, 0.1) is 13.0 Å². The average Bonchev–Trinajstić information content (AvgIpc) is 2.23. The van der Waals surface area contributed by atoms with Crippen molar-refractivity contribution in [3.05, 3.63) is 34.9 Å². The van der Waals surface area contributed by atoms with Gasteiger partial charge in [-0.1, -0.05) is 15.9 Å². The largest absolute Gasteiger partial charge is 0.466 e. The molecule has 0 spiro atoms. The van der Waals surface area contributed by atoms with Crippen molar-refractivity contribution in [1.82, 2.24) is 0 Å². The summed E-state index contributed by atoms with van der Waals surface area (Å²) in [6.07, 6.45) is -0.251. The van der Waals surface area contributed by atoms with Gasteiger partial charge in [0.25, 0.3) is 0 Å². The van der Waals surface area contributed by atoms with Crippen LogP contribution < -0.4 is 0 Å². The van der Waals surface area contributed by atoms with Gasteiger partial charge in [0, 0.05) is 16.5 Å². The van der Waals surface area contributed by atoms with Crippen molar-refractivity contribution in [3.63, 3.8) is 0 Å². The first-order chi connectivity index (χ1) is 7.58. The third-order valence-electron chi connectivity index (χ3n) is 2.00. The minimum Gasteiger partial charge on any atom is -0.466 e. The fourth-order valence-electron chi connectivity index (χ4n) is 1.23. The summed E-state index contributed by atoms with van der Waals surface area (Å²) in [6.45, 7) is 1.88. The average molecular weight is 293 g/mol. The maximum absolute atomic E-state index is 13.4. The van der Waals surface area contributed by atoms with E-state index in [0.29, 0.717) is 0 Å². The van der Waals surface area contributed by atoms with Gasteiger partial charge in [0.1, 0.15) is 11.6 Å². The molecule has 0 N–H and O–H groups in total. The van der Waals surface area contributed by atoms with Crippen LogP contribution in [0.3, 0.4) is 0 Å². The minimum atomic E-state index is -0.594. The molecule has 0 fully saturated rings. The molecule has 0 heterocycles. The van der Waals surface area contributed by atoms with Crippen LogP contribution in [0.5, 0.6) is 0 Å². The lowest BCUT2D eigenvalue weighted by molar-refractivity contribution is -0.142.